The molecule has 0 aromatic heterocycles. The van der Waals surface area contributed by atoms with Gasteiger partial charge >= 0.3 is 0 Å². The van der Waals surface area contributed by atoms with E-state index in [4.69, 9.17) is 6.85 Å². The maximum absolute atomic E-state index is 9.69. The van der Waals surface area contributed by atoms with Crippen molar-refractivity contribution in [1.82, 2.24) is 0 Å². The summed E-state index contributed by atoms with van der Waals surface area (Å²) in [7, 11) is 0. The Morgan fingerprint density at radius 3 is 1.72 bits per heavy atom. The summed E-state index contributed by atoms with van der Waals surface area (Å²) >= 11 is 0. The Labute approximate surface area is 286 Å². The molecular weight excluding hydrogens is 553 g/mol. The fourth-order valence-electron chi connectivity index (χ4n) is 7.59. The summed E-state index contributed by atoms with van der Waals surface area (Å²) in [4.78, 5) is 0. The summed E-state index contributed by atoms with van der Waals surface area (Å²) in [6.45, 7) is 8.73. The zero-order valence-electron chi connectivity index (χ0n) is 35.6. The van der Waals surface area contributed by atoms with E-state index >= 15 is 0 Å². The maximum Gasteiger partial charge on any atom is 0.0629 e. The van der Waals surface area contributed by atoms with Crippen LogP contribution in [0.2, 0.25) is 0 Å². The Bertz CT molecular complexity index is 2720. The molecule has 0 saturated heterocycles. The summed E-state index contributed by atoms with van der Waals surface area (Å²) < 4.78 is 81.4. The van der Waals surface area contributed by atoms with Gasteiger partial charge < -0.3 is 0 Å². The van der Waals surface area contributed by atoms with Gasteiger partial charge in [-0.3, -0.25) is 0 Å². The van der Waals surface area contributed by atoms with Crippen LogP contribution in [0.4, 0.5) is 0 Å². The largest absolute Gasteiger partial charge is 0.0629 e. The molecule has 8 rings (SSSR count). The van der Waals surface area contributed by atoms with Crippen molar-refractivity contribution in [3.63, 3.8) is 0 Å². The number of hydrogen-bond donors (Lipinski definition) is 0. The number of rotatable bonds is 4. The molecular formula is C46H40. The molecule has 0 radical (unpaired) electrons. The molecule has 1 aliphatic rings. The Morgan fingerprint density at radius 1 is 0.435 bits per heavy atom. The van der Waals surface area contributed by atoms with Crippen molar-refractivity contribution in [2.75, 3.05) is 0 Å². The quantitative estimate of drug-likeness (QED) is 0.176. The molecule has 0 unspecified atom stereocenters. The first-order chi connectivity index (χ1) is 26.1. The van der Waals surface area contributed by atoms with Gasteiger partial charge in [-0.1, -0.05) is 173 Å². The van der Waals surface area contributed by atoms with E-state index in [1.165, 1.54) is 0 Å². The second-order valence-corrected chi connectivity index (χ2v) is 13.6. The first kappa shape index (κ1) is 20.2. The van der Waals surface area contributed by atoms with E-state index in [1.807, 2.05) is 91.0 Å². The second-order valence-electron chi connectivity index (χ2n) is 13.6. The van der Waals surface area contributed by atoms with E-state index < -0.39 is 23.5 Å². The topological polar surface area (TPSA) is 0 Å². The lowest BCUT2D eigenvalue weighted by atomic mass is 9.60. The van der Waals surface area contributed by atoms with Crippen molar-refractivity contribution in [3.8, 4) is 44.5 Å². The number of benzene rings is 7. The lowest BCUT2D eigenvalue weighted by Gasteiger charge is -2.44. The maximum atomic E-state index is 9.69. The van der Waals surface area contributed by atoms with Crippen molar-refractivity contribution >= 4 is 21.5 Å². The van der Waals surface area contributed by atoms with E-state index in [0.717, 1.165) is 51.4 Å². The van der Waals surface area contributed by atoms with Gasteiger partial charge in [0, 0.05) is 0 Å². The molecule has 7 aromatic rings. The average molecular weight is 602 g/mol. The normalized spacial score (nSPS) is 17.9. The molecule has 224 valence electrons. The van der Waals surface area contributed by atoms with Gasteiger partial charge in [-0.25, -0.2) is 0 Å². The SMILES string of the molecule is [2H]c1c([2H])c([2H])c(-c2ccc3c(c2-c2c4ccccc4c(-c4ccccc4-c4ccccc4)c4c([2H])c([2H])c([2H])c([2H])c24)C(C)(C)CCC3(C)C)c([2H])c1[2H]. The minimum atomic E-state index is -0.480. The smallest absolute Gasteiger partial charge is 0.0622 e. The minimum absolute atomic E-state index is 0.0551. The summed E-state index contributed by atoms with van der Waals surface area (Å²) in [5.74, 6) is 0. The highest BCUT2D eigenvalue weighted by molar-refractivity contribution is 6.23. The number of hydrogen-bond acceptors (Lipinski definition) is 0. The minimum Gasteiger partial charge on any atom is -0.0622 e. The molecule has 0 saturated carbocycles. The monoisotopic (exact) mass is 601 g/mol. The summed E-state index contributed by atoms with van der Waals surface area (Å²) in [5, 5.41) is 2.19. The molecule has 0 amide bonds. The van der Waals surface area contributed by atoms with Gasteiger partial charge in [0.2, 0.25) is 0 Å². The van der Waals surface area contributed by atoms with Gasteiger partial charge in [-0.05, 0) is 101 Å². The molecule has 0 bridgehead atoms. The Hall–Kier alpha value is -4.94. The second kappa shape index (κ2) is 10.8. The van der Waals surface area contributed by atoms with Gasteiger partial charge in [-0.15, -0.1) is 0 Å². The number of fused-ring (bicyclic) bond motifs is 3. The van der Waals surface area contributed by atoms with Crippen LogP contribution in [0.25, 0.3) is 66.1 Å². The van der Waals surface area contributed by atoms with Gasteiger partial charge in [0.1, 0.15) is 0 Å². The summed E-state index contributed by atoms with van der Waals surface area (Å²) in [6, 6.07) is 26.5. The molecule has 0 spiro atoms. The van der Waals surface area contributed by atoms with Crippen LogP contribution >= 0.6 is 0 Å². The van der Waals surface area contributed by atoms with Crippen molar-refractivity contribution in [3.05, 3.63) is 157 Å². The van der Waals surface area contributed by atoms with Crippen LogP contribution in [0.3, 0.4) is 0 Å². The third-order valence-electron chi connectivity index (χ3n) is 9.94. The molecule has 0 heteroatoms. The highest BCUT2D eigenvalue weighted by Crippen LogP contribution is 2.55. The van der Waals surface area contributed by atoms with Crippen molar-refractivity contribution < 1.29 is 12.3 Å². The first-order valence-corrected chi connectivity index (χ1v) is 15.9. The predicted molar refractivity (Wildman–Crippen MR) is 198 cm³/mol. The van der Waals surface area contributed by atoms with Crippen molar-refractivity contribution in [2.45, 2.75) is 51.4 Å². The standard InChI is InChI=1S/C46H40/c1-45(2)29-30-46(3,4)44-40(45)28-27-34(32-19-9-6-10-20-32)43(44)42-38-25-15-13-23-36(38)41(37-24-14-16-26-39(37)42)35-22-12-11-21-33(35)31-17-7-5-8-18-31/h5-28H,29-30H2,1-4H3/i6D,9D,10D,13D,15D,19D,20D,23D,25D. The zero-order valence-corrected chi connectivity index (χ0v) is 26.6. The van der Waals surface area contributed by atoms with E-state index in [1.54, 1.807) is 0 Å². The van der Waals surface area contributed by atoms with Crippen LogP contribution < -0.4 is 0 Å². The van der Waals surface area contributed by atoms with Crippen LogP contribution in [0, 0.1) is 0 Å². The van der Waals surface area contributed by atoms with Crippen LogP contribution in [-0.2, 0) is 10.8 Å². The van der Waals surface area contributed by atoms with Crippen LogP contribution in [0.1, 0.15) is 64.0 Å². The van der Waals surface area contributed by atoms with Gasteiger partial charge in [-0.2, -0.15) is 0 Å². The fraction of sp³-hybridized carbons (Fsp3) is 0.174. The first-order valence-electron chi connectivity index (χ1n) is 20.4. The van der Waals surface area contributed by atoms with E-state index in [0.29, 0.717) is 33.0 Å². The van der Waals surface area contributed by atoms with Gasteiger partial charge in [0.05, 0.1) is 12.3 Å². The lowest BCUT2D eigenvalue weighted by molar-refractivity contribution is 0.333. The van der Waals surface area contributed by atoms with E-state index in [-0.39, 0.29) is 47.2 Å². The molecule has 0 fully saturated rings. The molecule has 7 aromatic carbocycles. The summed E-state index contributed by atoms with van der Waals surface area (Å²) in [6.07, 6.45) is 1.71. The highest BCUT2D eigenvalue weighted by Gasteiger charge is 2.40. The van der Waals surface area contributed by atoms with E-state index in [2.05, 4.69) is 27.7 Å². The Kier molecular flexibility index (Phi) is 4.77. The molecule has 0 atom stereocenters. The summed E-state index contributed by atoms with van der Waals surface area (Å²) in [5.41, 5.74) is 6.31. The molecule has 46 heavy (non-hydrogen) atoms. The fourth-order valence-corrected chi connectivity index (χ4v) is 7.59. The Morgan fingerprint density at radius 2 is 1.00 bits per heavy atom. The predicted octanol–water partition coefficient (Wildman–Crippen LogP) is 13.0. The Balaban J connectivity index is 1.68. The molecule has 0 heterocycles. The molecule has 0 N–H and O–H groups in total. The molecule has 0 aliphatic heterocycles. The van der Waals surface area contributed by atoms with Crippen LogP contribution in [0.5, 0.6) is 0 Å². The highest BCUT2D eigenvalue weighted by atomic mass is 14.4. The third-order valence-corrected chi connectivity index (χ3v) is 9.94. The zero-order chi connectivity index (χ0) is 39.3. The van der Waals surface area contributed by atoms with Crippen molar-refractivity contribution in [1.29, 1.82) is 0 Å². The van der Waals surface area contributed by atoms with Gasteiger partial charge in [0.25, 0.3) is 0 Å². The lowest BCUT2D eigenvalue weighted by Crippen LogP contribution is -2.34. The molecule has 0 nitrogen and oxygen atoms in total. The van der Waals surface area contributed by atoms with Gasteiger partial charge in [0.15, 0.2) is 0 Å². The molecule has 1 aliphatic carbocycles. The average Bonchev–Trinajstić information content (AvgIpc) is 3.18. The van der Waals surface area contributed by atoms with E-state index in [9.17, 15) is 5.48 Å². The van der Waals surface area contributed by atoms with Crippen molar-refractivity contribution in [2.24, 2.45) is 0 Å². The third kappa shape index (κ3) is 4.51. The van der Waals surface area contributed by atoms with Crippen LogP contribution in [0.15, 0.2) is 145 Å². The van der Waals surface area contributed by atoms with Crippen LogP contribution in [-0.4, -0.2) is 0 Å².